The van der Waals surface area contributed by atoms with Gasteiger partial charge in [0.25, 0.3) is 0 Å². The normalized spacial score (nSPS) is 11.7. The first-order valence-corrected chi connectivity index (χ1v) is 5.29. The van der Waals surface area contributed by atoms with Crippen LogP contribution in [0.25, 0.3) is 0 Å². The van der Waals surface area contributed by atoms with Crippen molar-refractivity contribution >= 4 is 0 Å². The van der Waals surface area contributed by atoms with E-state index in [0.29, 0.717) is 19.8 Å². The molecule has 0 aliphatic heterocycles. The number of nitrogens with one attached hydrogen (secondary N) is 1. The molecule has 0 aromatic carbocycles. The van der Waals surface area contributed by atoms with Crippen LogP contribution in [0.5, 0.6) is 0 Å². The highest BCUT2D eigenvalue weighted by Crippen LogP contribution is 2.11. The first kappa shape index (κ1) is 14.6. The molecule has 0 rings (SSSR count). The van der Waals surface area contributed by atoms with Crippen LogP contribution in [0.3, 0.4) is 0 Å². The van der Waals surface area contributed by atoms with E-state index >= 15 is 0 Å². The second kappa shape index (κ2) is 8.85. The van der Waals surface area contributed by atoms with Gasteiger partial charge in [0, 0.05) is 18.5 Å². The third-order valence-electron chi connectivity index (χ3n) is 2.20. The lowest BCUT2D eigenvalue weighted by Gasteiger charge is -2.24. The van der Waals surface area contributed by atoms with Crippen LogP contribution >= 0.6 is 0 Å². The highest BCUT2D eigenvalue weighted by molar-refractivity contribution is 4.74. The summed E-state index contributed by atoms with van der Waals surface area (Å²) < 4.78 is 5.30. The van der Waals surface area contributed by atoms with Gasteiger partial charge < -0.3 is 20.3 Å². The monoisotopic (exact) mass is 217 g/mol. The molecule has 4 heteroatoms. The zero-order valence-corrected chi connectivity index (χ0v) is 9.54. The second-order valence-corrected chi connectivity index (χ2v) is 3.99. The minimum absolute atomic E-state index is 0.0200. The maximum atomic E-state index is 9.02. The lowest BCUT2D eigenvalue weighted by molar-refractivity contribution is 0.0663. The van der Waals surface area contributed by atoms with Crippen molar-refractivity contribution in [2.45, 2.75) is 13.3 Å². The van der Waals surface area contributed by atoms with E-state index in [4.69, 9.17) is 14.9 Å². The van der Waals surface area contributed by atoms with E-state index in [2.05, 4.69) is 11.9 Å². The van der Waals surface area contributed by atoms with E-state index in [9.17, 15) is 0 Å². The van der Waals surface area contributed by atoms with Crippen molar-refractivity contribution in [1.82, 2.24) is 5.32 Å². The minimum Gasteiger partial charge on any atom is -0.396 e. The molecule has 0 aliphatic carbocycles. The summed E-state index contributed by atoms with van der Waals surface area (Å²) in [6.07, 6.45) is 2.69. The molecule has 15 heavy (non-hydrogen) atoms. The number of rotatable bonds is 10. The molecule has 0 amide bonds. The van der Waals surface area contributed by atoms with Gasteiger partial charge in [-0.2, -0.15) is 0 Å². The smallest absolute Gasteiger partial charge is 0.0591 e. The Bertz CT molecular complexity index is 158. The van der Waals surface area contributed by atoms with Gasteiger partial charge in [-0.25, -0.2) is 0 Å². The largest absolute Gasteiger partial charge is 0.396 e. The van der Waals surface area contributed by atoms with Gasteiger partial charge in [0.2, 0.25) is 0 Å². The van der Waals surface area contributed by atoms with Gasteiger partial charge >= 0.3 is 0 Å². The Balaban J connectivity index is 3.33. The fraction of sp³-hybridized carbons (Fsp3) is 0.818. The molecule has 0 spiro atoms. The molecule has 0 saturated carbocycles. The van der Waals surface area contributed by atoms with E-state index < -0.39 is 5.41 Å². The average Bonchev–Trinajstić information content (AvgIpc) is 2.27. The molecule has 0 saturated heterocycles. The fourth-order valence-corrected chi connectivity index (χ4v) is 0.965. The highest BCUT2D eigenvalue weighted by Gasteiger charge is 2.21. The molecule has 4 nitrogen and oxygen atoms in total. The van der Waals surface area contributed by atoms with Gasteiger partial charge in [-0.3, -0.25) is 0 Å². The Morgan fingerprint density at radius 3 is 2.53 bits per heavy atom. The van der Waals surface area contributed by atoms with Gasteiger partial charge in [0.05, 0.1) is 26.4 Å². The standard InChI is InChI=1S/C11H23NO3/c1-3-4-6-15-7-5-12-8-11(2,9-13)10-14/h3,12-14H,1,4-10H2,2H3. The summed E-state index contributed by atoms with van der Waals surface area (Å²) in [4.78, 5) is 0. The Labute approximate surface area is 92.0 Å². The number of hydrogen-bond acceptors (Lipinski definition) is 4. The molecule has 0 atom stereocenters. The van der Waals surface area contributed by atoms with E-state index in [-0.39, 0.29) is 13.2 Å². The predicted octanol–water partition coefficient (Wildman–Crippen LogP) is 0.160. The van der Waals surface area contributed by atoms with Crippen LogP contribution in [0.2, 0.25) is 0 Å². The lowest BCUT2D eigenvalue weighted by Crippen LogP contribution is -2.39. The minimum atomic E-state index is -0.443. The van der Waals surface area contributed by atoms with E-state index in [1.165, 1.54) is 0 Å². The van der Waals surface area contributed by atoms with Gasteiger partial charge in [-0.15, -0.1) is 6.58 Å². The van der Waals surface area contributed by atoms with Crippen molar-refractivity contribution in [2.75, 3.05) is 39.5 Å². The molecule has 0 bridgehead atoms. The zero-order chi connectivity index (χ0) is 11.6. The van der Waals surface area contributed by atoms with Crippen molar-refractivity contribution in [3.05, 3.63) is 12.7 Å². The Morgan fingerprint density at radius 2 is 2.00 bits per heavy atom. The summed E-state index contributed by atoms with van der Waals surface area (Å²) in [5.74, 6) is 0. The summed E-state index contributed by atoms with van der Waals surface area (Å²) in [6.45, 7) is 8.04. The van der Waals surface area contributed by atoms with E-state index in [1.54, 1.807) is 0 Å². The highest BCUT2D eigenvalue weighted by atomic mass is 16.5. The molecule has 0 unspecified atom stereocenters. The molecule has 0 aliphatic rings. The fourth-order valence-electron chi connectivity index (χ4n) is 0.965. The maximum Gasteiger partial charge on any atom is 0.0591 e. The van der Waals surface area contributed by atoms with Crippen LogP contribution in [0.1, 0.15) is 13.3 Å². The first-order valence-electron chi connectivity index (χ1n) is 5.29. The predicted molar refractivity (Wildman–Crippen MR) is 60.8 cm³/mol. The van der Waals surface area contributed by atoms with Crippen molar-refractivity contribution in [2.24, 2.45) is 5.41 Å². The van der Waals surface area contributed by atoms with Crippen LogP contribution in [-0.2, 0) is 4.74 Å². The summed E-state index contributed by atoms with van der Waals surface area (Å²) >= 11 is 0. The van der Waals surface area contributed by atoms with Crippen molar-refractivity contribution < 1.29 is 14.9 Å². The summed E-state index contributed by atoms with van der Waals surface area (Å²) in [5.41, 5.74) is -0.443. The zero-order valence-electron chi connectivity index (χ0n) is 9.54. The SMILES string of the molecule is C=CCCOCCNCC(C)(CO)CO. The number of aliphatic hydroxyl groups excluding tert-OH is 2. The first-order chi connectivity index (χ1) is 7.18. The number of ether oxygens (including phenoxy) is 1. The average molecular weight is 217 g/mol. The van der Waals surface area contributed by atoms with Crippen LogP contribution in [0.4, 0.5) is 0 Å². The van der Waals surface area contributed by atoms with Gasteiger partial charge in [-0.1, -0.05) is 13.0 Å². The lowest BCUT2D eigenvalue weighted by atomic mass is 9.93. The third kappa shape index (κ3) is 7.50. The number of aliphatic hydroxyl groups is 2. The van der Waals surface area contributed by atoms with Gasteiger partial charge in [-0.05, 0) is 6.42 Å². The molecule has 0 radical (unpaired) electrons. The van der Waals surface area contributed by atoms with Gasteiger partial charge in [0.1, 0.15) is 0 Å². The van der Waals surface area contributed by atoms with Crippen LogP contribution in [-0.4, -0.2) is 49.7 Å². The van der Waals surface area contributed by atoms with Gasteiger partial charge in [0.15, 0.2) is 0 Å². The second-order valence-electron chi connectivity index (χ2n) is 3.99. The molecule has 90 valence electrons. The topological polar surface area (TPSA) is 61.7 Å². The van der Waals surface area contributed by atoms with Crippen molar-refractivity contribution in [3.8, 4) is 0 Å². The Hall–Kier alpha value is -0.420. The quantitative estimate of drug-likeness (QED) is 0.360. The Kier molecular flexibility index (Phi) is 8.61. The molecular weight excluding hydrogens is 194 g/mol. The van der Waals surface area contributed by atoms with Crippen LogP contribution in [0.15, 0.2) is 12.7 Å². The van der Waals surface area contributed by atoms with Crippen molar-refractivity contribution in [1.29, 1.82) is 0 Å². The van der Waals surface area contributed by atoms with Crippen LogP contribution < -0.4 is 5.32 Å². The summed E-state index contributed by atoms with van der Waals surface area (Å²) in [6, 6.07) is 0. The summed E-state index contributed by atoms with van der Waals surface area (Å²) in [5, 5.41) is 21.2. The number of hydrogen-bond donors (Lipinski definition) is 3. The summed E-state index contributed by atoms with van der Waals surface area (Å²) in [7, 11) is 0. The maximum absolute atomic E-state index is 9.02. The third-order valence-corrected chi connectivity index (χ3v) is 2.20. The molecule has 0 heterocycles. The molecule has 0 aromatic heterocycles. The van der Waals surface area contributed by atoms with Crippen LogP contribution in [0, 0.1) is 5.41 Å². The molecule has 3 N–H and O–H groups in total. The molecule has 0 aromatic rings. The Morgan fingerprint density at radius 1 is 1.33 bits per heavy atom. The van der Waals surface area contributed by atoms with E-state index in [1.807, 2.05) is 13.0 Å². The molecule has 0 fully saturated rings. The van der Waals surface area contributed by atoms with Crippen molar-refractivity contribution in [3.63, 3.8) is 0 Å². The van der Waals surface area contributed by atoms with E-state index in [0.717, 1.165) is 13.0 Å². The molecular formula is C11H23NO3.